The van der Waals surface area contributed by atoms with Gasteiger partial charge in [-0.15, -0.1) is 0 Å². The van der Waals surface area contributed by atoms with E-state index in [1.54, 1.807) is 43.5 Å². The fourth-order valence-electron chi connectivity index (χ4n) is 3.15. The van der Waals surface area contributed by atoms with Crippen molar-refractivity contribution in [2.24, 2.45) is 5.16 Å². The lowest BCUT2D eigenvalue weighted by atomic mass is 10.1. The van der Waals surface area contributed by atoms with Gasteiger partial charge >= 0.3 is 0 Å². The molecule has 31 heavy (non-hydrogen) atoms. The molecule has 0 aliphatic carbocycles. The average molecular weight is 425 g/mol. The molecule has 164 valence electrons. The monoisotopic (exact) mass is 425 g/mol. The first-order valence-corrected chi connectivity index (χ1v) is 10.2. The van der Waals surface area contributed by atoms with E-state index in [-0.39, 0.29) is 25.0 Å². The van der Waals surface area contributed by atoms with Crippen molar-refractivity contribution in [1.82, 2.24) is 4.90 Å². The standard InChI is InChI=1S/C23H27N3O5/c1-29-20-11-9-19(10-12-20)25-22(27)16-31-24-15-18-7-3-4-8-21(18)30-17-23(28)26-13-5-2-6-14-26/h3-4,7-12,15H,2,5-6,13-14,16-17H2,1H3,(H,25,27). The molecule has 0 spiro atoms. The first-order valence-electron chi connectivity index (χ1n) is 10.2. The molecule has 0 radical (unpaired) electrons. The van der Waals surface area contributed by atoms with Gasteiger partial charge in [0.05, 0.1) is 13.3 Å². The zero-order valence-corrected chi connectivity index (χ0v) is 17.6. The Morgan fingerprint density at radius 1 is 1.03 bits per heavy atom. The summed E-state index contributed by atoms with van der Waals surface area (Å²) in [5.74, 6) is 0.886. The summed E-state index contributed by atoms with van der Waals surface area (Å²) in [6, 6.07) is 14.2. The number of likely N-dealkylation sites (tertiary alicyclic amines) is 1. The van der Waals surface area contributed by atoms with Gasteiger partial charge in [0.2, 0.25) is 0 Å². The predicted molar refractivity (Wildman–Crippen MR) is 118 cm³/mol. The highest BCUT2D eigenvalue weighted by Crippen LogP contribution is 2.17. The van der Waals surface area contributed by atoms with Gasteiger partial charge in [0, 0.05) is 24.3 Å². The van der Waals surface area contributed by atoms with E-state index in [1.165, 1.54) is 12.6 Å². The van der Waals surface area contributed by atoms with Crippen LogP contribution in [0.3, 0.4) is 0 Å². The van der Waals surface area contributed by atoms with Gasteiger partial charge < -0.3 is 24.5 Å². The minimum Gasteiger partial charge on any atom is -0.497 e. The summed E-state index contributed by atoms with van der Waals surface area (Å²) in [7, 11) is 1.58. The van der Waals surface area contributed by atoms with Crippen LogP contribution in [0.15, 0.2) is 53.7 Å². The summed E-state index contributed by atoms with van der Waals surface area (Å²) in [5, 5.41) is 6.55. The van der Waals surface area contributed by atoms with Gasteiger partial charge in [-0.25, -0.2) is 0 Å². The minimum atomic E-state index is -0.334. The summed E-state index contributed by atoms with van der Waals surface area (Å²) in [4.78, 5) is 31.2. The molecule has 1 saturated heterocycles. The lowest BCUT2D eigenvalue weighted by Crippen LogP contribution is -2.38. The average Bonchev–Trinajstić information content (AvgIpc) is 2.82. The molecule has 1 aliphatic heterocycles. The molecule has 8 nitrogen and oxygen atoms in total. The predicted octanol–water partition coefficient (Wildman–Crippen LogP) is 3.08. The molecule has 0 atom stereocenters. The molecule has 8 heteroatoms. The first-order chi connectivity index (χ1) is 15.2. The van der Waals surface area contributed by atoms with Crippen LogP contribution in [0.4, 0.5) is 5.69 Å². The number of carbonyl (C=O) groups excluding carboxylic acids is 2. The number of para-hydroxylation sites is 1. The number of piperidine rings is 1. The van der Waals surface area contributed by atoms with E-state index < -0.39 is 0 Å². The number of carbonyl (C=O) groups is 2. The maximum absolute atomic E-state index is 12.3. The Kier molecular flexibility index (Phi) is 8.28. The van der Waals surface area contributed by atoms with Gasteiger partial charge in [-0.2, -0.15) is 0 Å². The third-order valence-corrected chi connectivity index (χ3v) is 4.81. The Morgan fingerprint density at radius 2 is 1.77 bits per heavy atom. The molecule has 3 rings (SSSR count). The number of ether oxygens (including phenoxy) is 2. The second-order valence-corrected chi connectivity index (χ2v) is 7.05. The summed E-state index contributed by atoms with van der Waals surface area (Å²) in [6.45, 7) is 1.32. The van der Waals surface area contributed by atoms with Crippen LogP contribution in [0.1, 0.15) is 24.8 Å². The quantitative estimate of drug-likeness (QED) is 0.493. The van der Waals surface area contributed by atoms with Gasteiger partial charge in [0.15, 0.2) is 13.2 Å². The van der Waals surface area contributed by atoms with E-state index in [4.69, 9.17) is 14.3 Å². The number of amides is 2. The smallest absolute Gasteiger partial charge is 0.265 e. The van der Waals surface area contributed by atoms with E-state index in [0.717, 1.165) is 25.9 Å². The molecule has 1 heterocycles. The number of nitrogens with zero attached hydrogens (tertiary/aromatic N) is 2. The molecule has 2 aromatic carbocycles. The lowest BCUT2D eigenvalue weighted by Gasteiger charge is -2.26. The van der Waals surface area contributed by atoms with Crippen LogP contribution in [-0.2, 0) is 14.4 Å². The van der Waals surface area contributed by atoms with Gasteiger partial charge in [0.25, 0.3) is 11.8 Å². The van der Waals surface area contributed by atoms with Crippen LogP contribution in [-0.4, -0.2) is 56.3 Å². The molecule has 0 unspecified atom stereocenters. The van der Waals surface area contributed by atoms with Crippen molar-refractivity contribution in [3.63, 3.8) is 0 Å². The van der Waals surface area contributed by atoms with Crippen LogP contribution in [0.25, 0.3) is 0 Å². The number of nitrogens with one attached hydrogen (secondary N) is 1. The maximum Gasteiger partial charge on any atom is 0.265 e. The van der Waals surface area contributed by atoms with Crippen LogP contribution in [0, 0.1) is 0 Å². The van der Waals surface area contributed by atoms with Gasteiger partial charge in [-0.05, 0) is 55.7 Å². The van der Waals surface area contributed by atoms with Gasteiger partial charge in [0.1, 0.15) is 11.5 Å². The number of rotatable bonds is 9. The lowest BCUT2D eigenvalue weighted by molar-refractivity contribution is -0.134. The van der Waals surface area contributed by atoms with Crippen molar-refractivity contribution in [1.29, 1.82) is 0 Å². The Morgan fingerprint density at radius 3 is 2.52 bits per heavy atom. The highest BCUT2D eigenvalue weighted by Gasteiger charge is 2.17. The maximum atomic E-state index is 12.3. The summed E-state index contributed by atoms with van der Waals surface area (Å²) in [6.07, 6.45) is 4.71. The zero-order chi connectivity index (χ0) is 21.9. The summed E-state index contributed by atoms with van der Waals surface area (Å²) in [5.41, 5.74) is 1.29. The second kappa shape index (κ2) is 11.6. The van der Waals surface area contributed by atoms with E-state index in [1.807, 2.05) is 17.0 Å². The minimum absolute atomic E-state index is 0.0158. The van der Waals surface area contributed by atoms with Crippen molar-refractivity contribution < 1.29 is 23.9 Å². The largest absolute Gasteiger partial charge is 0.497 e. The number of anilines is 1. The highest BCUT2D eigenvalue weighted by molar-refractivity contribution is 5.91. The van der Waals surface area contributed by atoms with Crippen LogP contribution in [0.5, 0.6) is 11.5 Å². The van der Waals surface area contributed by atoms with Crippen molar-refractivity contribution in [2.75, 3.05) is 38.7 Å². The first kappa shape index (κ1) is 22.1. The van der Waals surface area contributed by atoms with E-state index in [0.29, 0.717) is 22.7 Å². The highest BCUT2D eigenvalue weighted by atomic mass is 16.6. The molecule has 0 aromatic heterocycles. The Labute approximate surface area is 181 Å². The third kappa shape index (κ3) is 7.02. The Bertz CT molecular complexity index is 892. The number of methoxy groups -OCH3 is 1. The molecule has 1 aliphatic rings. The zero-order valence-electron chi connectivity index (χ0n) is 17.6. The summed E-state index contributed by atoms with van der Waals surface area (Å²) < 4.78 is 10.8. The molecule has 1 N–H and O–H groups in total. The number of oxime groups is 1. The van der Waals surface area contributed by atoms with Crippen molar-refractivity contribution in [3.05, 3.63) is 54.1 Å². The van der Waals surface area contributed by atoms with E-state index in [9.17, 15) is 9.59 Å². The molecular formula is C23H27N3O5. The van der Waals surface area contributed by atoms with Gasteiger partial charge in [-0.1, -0.05) is 17.3 Å². The number of benzene rings is 2. The summed E-state index contributed by atoms with van der Waals surface area (Å²) >= 11 is 0. The van der Waals surface area contributed by atoms with Crippen molar-refractivity contribution in [3.8, 4) is 11.5 Å². The molecule has 2 aromatic rings. The second-order valence-electron chi connectivity index (χ2n) is 7.05. The van der Waals surface area contributed by atoms with Crippen molar-refractivity contribution in [2.45, 2.75) is 19.3 Å². The Balaban J connectivity index is 1.45. The van der Waals surface area contributed by atoms with Crippen LogP contribution in [0.2, 0.25) is 0 Å². The third-order valence-electron chi connectivity index (χ3n) is 4.81. The van der Waals surface area contributed by atoms with Crippen LogP contribution < -0.4 is 14.8 Å². The van der Waals surface area contributed by atoms with Crippen molar-refractivity contribution >= 4 is 23.7 Å². The van der Waals surface area contributed by atoms with Gasteiger partial charge in [-0.3, -0.25) is 9.59 Å². The topological polar surface area (TPSA) is 89.5 Å². The number of hydrogen-bond acceptors (Lipinski definition) is 6. The number of hydrogen-bond donors (Lipinski definition) is 1. The molecule has 0 saturated carbocycles. The van der Waals surface area contributed by atoms with E-state index >= 15 is 0 Å². The normalized spacial score (nSPS) is 13.6. The molecule has 1 fully saturated rings. The molecule has 0 bridgehead atoms. The molecule has 2 amide bonds. The SMILES string of the molecule is COc1ccc(NC(=O)CON=Cc2ccccc2OCC(=O)N2CCCCC2)cc1. The Hall–Kier alpha value is -3.55. The molecular weight excluding hydrogens is 398 g/mol. The fourth-order valence-corrected chi connectivity index (χ4v) is 3.15. The fraction of sp³-hybridized carbons (Fsp3) is 0.348. The van der Waals surface area contributed by atoms with E-state index in [2.05, 4.69) is 10.5 Å². The van der Waals surface area contributed by atoms with Crippen LogP contribution >= 0.6 is 0 Å².